The third kappa shape index (κ3) is 5.22. The van der Waals surface area contributed by atoms with E-state index in [2.05, 4.69) is 211 Å². The second kappa shape index (κ2) is 13.4. The molecular formula is C56H35N3. The second-order valence-corrected chi connectivity index (χ2v) is 15.2. The monoisotopic (exact) mass is 749 g/mol. The molecule has 0 N–H and O–H groups in total. The first kappa shape index (κ1) is 33.3. The van der Waals surface area contributed by atoms with Gasteiger partial charge >= 0.3 is 0 Å². The van der Waals surface area contributed by atoms with Crippen LogP contribution in [-0.4, -0.2) is 14.5 Å². The van der Waals surface area contributed by atoms with E-state index >= 15 is 0 Å². The first-order chi connectivity index (χ1) is 29.3. The number of aromatic nitrogens is 3. The van der Waals surface area contributed by atoms with E-state index in [1.165, 1.54) is 70.7 Å². The van der Waals surface area contributed by atoms with Gasteiger partial charge in [0.2, 0.25) is 0 Å². The van der Waals surface area contributed by atoms with E-state index in [0.717, 1.165) is 39.1 Å². The molecule has 0 spiro atoms. The molecule has 59 heavy (non-hydrogen) atoms. The van der Waals surface area contributed by atoms with Gasteiger partial charge in [-0.15, -0.1) is 0 Å². The van der Waals surface area contributed by atoms with Gasteiger partial charge in [0.1, 0.15) is 5.82 Å². The van der Waals surface area contributed by atoms with Gasteiger partial charge in [0.15, 0.2) is 5.82 Å². The molecule has 0 fully saturated rings. The molecule has 0 saturated carbocycles. The van der Waals surface area contributed by atoms with Crippen molar-refractivity contribution in [3.05, 3.63) is 212 Å². The Hall–Kier alpha value is -7.88. The molecule has 10 aromatic carbocycles. The Bertz CT molecular complexity index is 3550. The first-order valence-corrected chi connectivity index (χ1v) is 20.2. The predicted octanol–water partition coefficient (Wildman–Crippen LogP) is 14.9. The number of hydrogen-bond donors (Lipinski definition) is 0. The van der Waals surface area contributed by atoms with E-state index in [1.54, 1.807) is 0 Å². The van der Waals surface area contributed by atoms with E-state index in [-0.39, 0.29) is 0 Å². The normalized spacial score (nSPS) is 11.7. The van der Waals surface area contributed by atoms with Crippen LogP contribution in [-0.2, 0) is 0 Å². The van der Waals surface area contributed by atoms with E-state index in [0.29, 0.717) is 5.82 Å². The van der Waals surface area contributed by atoms with Gasteiger partial charge in [0, 0.05) is 28.0 Å². The minimum atomic E-state index is 0.688. The summed E-state index contributed by atoms with van der Waals surface area (Å²) in [5.74, 6) is 1.52. The van der Waals surface area contributed by atoms with Crippen molar-refractivity contribution in [2.45, 2.75) is 0 Å². The fourth-order valence-corrected chi connectivity index (χ4v) is 9.46. The molecule has 0 aliphatic rings. The lowest BCUT2D eigenvalue weighted by Crippen LogP contribution is -2.02. The summed E-state index contributed by atoms with van der Waals surface area (Å²) in [5, 5.41) is 12.2. The van der Waals surface area contributed by atoms with E-state index in [4.69, 9.17) is 9.97 Å². The van der Waals surface area contributed by atoms with Gasteiger partial charge in [-0.2, -0.15) is 0 Å². The van der Waals surface area contributed by atoms with Gasteiger partial charge in [0.05, 0.1) is 16.7 Å². The van der Waals surface area contributed by atoms with Crippen LogP contribution in [0.2, 0.25) is 0 Å². The van der Waals surface area contributed by atoms with Crippen LogP contribution in [0.25, 0.3) is 116 Å². The van der Waals surface area contributed by atoms with Gasteiger partial charge < -0.3 is 0 Å². The van der Waals surface area contributed by atoms with Crippen molar-refractivity contribution in [1.29, 1.82) is 0 Å². The maximum absolute atomic E-state index is 5.35. The molecule has 0 amide bonds. The molecule has 2 heterocycles. The molecule has 3 heteroatoms. The molecule has 0 aliphatic heterocycles. The number of rotatable bonds is 5. The molecule has 0 radical (unpaired) electrons. The summed E-state index contributed by atoms with van der Waals surface area (Å²) < 4.78 is 2.29. The lowest BCUT2D eigenvalue weighted by molar-refractivity contribution is 1.05. The van der Waals surface area contributed by atoms with Crippen LogP contribution >= 0.6 is 0 Å². The highest BCUT2D eigenvalue weighted by Crippen LogP contribution is 2.48. The van der Waals surface area contributed by atoms with Gasteiger partial charge in [-0.25, -0.2) is 9.97 Å². The van der Waals surface area contributed by atoms with Crippen LogP contribution in [0.3, 0.4) is 0 Å². The van der Waals surface area contributed by atoms with Crippen LogP contribution in [0.15, 0.2) is 212 Å². The zero-order valence-corrected chi connectivity index (χ0v) is 32.0. The highest BCUT2D eigenvalue weighted by atomic mass is 15.1. The third-order valence-electron chi connectivity index (χ3n) is 12.0. The molecule has 12 rings (SSSR count). The predicted molar refractivity (Wildman–Crippen MR) is 248 cm³/mol. The third-order valence-corrected chi connectivity index (χ3v) is 12.0. The quantitative estimate of drug-likeness (QED) is 0.130. The summed E-state index contributed by atoms with van der Waals surface area (Å²) in [6.07, 6.45) is 0. The molecule has 3 nitrogen and oxygen atoms in total. The lowest BCUT2D eigenvalue weighted by Gasteiger charge is -2.21. The highest BCUT2D eigenvalue weighted by Gasteiger charge is 2.22. The standard InChI is InChI=1S/C56H35N3/c1-3-18-37(19-4-1)53-45-27-11-12-28-46(45)54(48-32-31-36-17-7-8-22-39(36)55(48)53)47-34-33-42(40-23-9-10-24-41(40)47)49-35-52(58-56(57-49)38-20-5-2-6-21-38)59-50-29-15-13-25-43(50)44-26-14-16-30-51(44)59/h1-35H. The Morgan fingerprint density at radius 3 is 1.51 bits per heavy atom. The van der Waals surface area contributed by atoms with Crippen LogP contribution in [0.5, 0.6) is 0 Å². The van der Waals surface area contributed by atoms with Crippen LogP contribution < -0.4 is 0 Å². The van der Waals surface area contributed by atoms with Crippen LogP contribution in [0, 0.1) is 0 Å². The molecule has 0 unspecified atom stereocenters. The van der Waals surface area contributed by atoms with Gasteiger partial charge in [-0.3, -0.25) is 4.57 Å². The van der Waals surface area contributed by atoms with Gasteiger partial charge in [-0.1, -0.05) is 194 Å². The lowest BCUT2D eigenvalue weighted by atomic mass is 9.82. The maximum atomic E-state index is 5.35. The summed E-state index contributed by atoms with van der Waals surface area (Å²) in [4.78, 5) is 10.6. The minimum absolute atomic E-state index is 0.688. The van der Waals surface area contributed by atoms with Crippen LogP contribution in [0.1, 0.15) is 0 Å². The Morgan fingerprint density at radius 2 is 0.831 bits per heavy atom. The second-order valence-electron chi connectivity index (χ2n) is 15.2. The van der Waals surface area contributed by atoms with E-state index in [1.807, 2.05) is 6.07 Å². The number of fused-ring (bicyclic) bond motifs is 8. The smallest absolute Gasteiger partial charge is 0.162 e. The number of nitrogens with zero attached hydrogens (tertiary/aromatic N) is 3. The molecule has 2 aromatic heterocycles. The van der Waals surface area contributed by atoms with Crippen molar-refractivity contribution in [2.24, 2.45) is 0 Å². The largest absolute Gasteiger partial charge is 0.294 e. The van der Waals surface area contributed by atoms with E-state index < -0.39 is 0 Å². The van der Waals surface area contributed by atoms with Crippen molar-refractivity contribution in [2.75, 3.05) is 0 Å². The van der Waals surface area contributed by atoms with Crippen molar-refractivity contribution in [1.82, 2.24) is 14.5 Å². The molecule has 0 aliphatic carbocycles. The summed E-state index contributed by atoms with van der Waals surface area (Å²) in [6, 6.07) is 76.3. The molecular weight excluding hydrogens is 715 g/mol. The SMILES string of the molecule is c1ccc(-c2nc(-c3ccc(-c4c5ccccc5c(-c5ccccc5)c5c4ccc4ccccc45)c4ccccc34)cc(-n3c4ccccc4c4ccccc43)n2)cc1. The Labute approximate surface area is 341 Å². The summed E-state index contributed by atoms with van der Waals surface area (Å²) in [7, 11) is 0. The fraction of sp³-hybridized carbons (Fsp3) is 0. The number of hydrogen-bond acceptors (Lipinski definition) is 2. The van der Waals surface area contributed by atoms with Crippen molar-refractivity contribution >= 4 is 64.9 Å². The number of para-hydroxylation sites is 2. The van der Waals surface area contributed by atoms with E-state index in [9.17, 15) is 0 Å². The average Bonchev–Trinajstić information content (AvgIpc) is 3.65. The summed E-state index contributed by atoms with van der Waals surface area (Å²) >= 11 is 0. The van der Waals surface area contributed by atoms with Crippen molar-refractivity contribution < 1.29 is 0 Å². The van der Waals surface area contributed by atoms with Crippen molar-refractivity contribution in [3.8, 4) is 50.7 Å². The molecule has 0 bridgehead atoms. The summed E-state index contributed by atoms with van der Waals surface area (Å²) in [6.45, 7) is 0. The highest BCUT2D eigenvalue weighted by molar-refractivity contribution is 6.29. The van der Waals surface area contributed by atoms with Gasteiger partial charge in [0.25, 0.3) is 0 Å². The van der Waals surface area contributed by atoms with Crippen LogP contribution in [0.4, 0.5) is 0 Å². The van der Waals surface area contributed by atoms with Gasteiger partial charge in [-0.05, 0) is 77.5 Å². The topological polar surface area (TPSA) is 30.7 Å². The maximum Gasteiger partial charge on any atom is 0.162 e. The molecule has 12 aromatic rings. The Kier molecular flexibility index (Phi) is 7.54. The molecule has 0 saturated heterocycles. The minimum Gasteiger partial charge on any atom is -0.294 e. The first-order valence-electron chi connectivity index (χ1n) is 20.2. The zero-order chi connectivity index (χ0) is 38.9. The Balaban J connectivity index is 1.15. The molecule has 0 atom stereocenters. The fourth-order valence-electron chi connectivity index (χ4n) is 9.46. The zero-order valence-electron chi connectivity index (χ0n) is 32.0. The summed E-state index contributed by atoms with van der Waals surface area (Å²) in [5.41, 5.74) is 10.1. The Morgan fingerprint density at radius 1 is 0.322 bits per heavy atom. The van der Waals surface area contributed by atoms with Crippen molar-refractivity contribution in [3.63, 3.8) is 0 Å². The number of benzene rings is 10. The molecule has 274 valence electrons. The average molecular weight is 750 g/mol.